The van der Waals surface area contributed by atoms with Gasteiger partial charge in [0.15, 0.2) is 0 Å². The van der Waals surface area contributed by atoms with E-state index >= 15 is 0 Å². The lowest BCUT2D eigenvalue weighted by Gasteiger charge is -2.12. The Morgan fingerprint density at radius 2 is 2.24 bits per heavy atom. The molecule has 94 valence electrons. The minimum Gasteiger partial charge on any atom is -0.372 e. The van der Waals surface area contributed by atoms with Crippen LogP contribution in [0, 0.1) is 0 Å². The van der Waals surface area contributed by atoms with Crippen LogP contribution < -0.4 is 10.6 Å². The van der Waals surface area contributed by atoms with Crippen LogP contribution in [-0.4, -0.2) is 41.0 Å². The van der Waals surface area contributed by atoms with Crippen molar-refractivity contribution in [3.8, 4) is 0 Å². The second-order valence-electron chi connectivity index (χ2n) is 3.69. The lowest BCUT2D eigenvalue weighted by molar-refractivity contribution is 0.0934. The zero-order valence-electron chi connectivity index (χ0n) is 10.4. The number of thioether (sulfide) groups is 1. The topological polar surface area (TPSA) is 66.9 Å². The van der Waals surface area contributed by atoms with Crippen molar-refractivity contribution in [1.82, 2.24) is 15.3 Å². The Morgan fingerprint density at radius 1 is 1.47 bits per heavy atom. The van der Waals surface area contributed by atoms with E-state index in [1.54, 1.807) is 25.0 Å². The van der Waals surface area contributed by atoms with Crippen LogP contribution in [0.4, 0.5) is 5.82 Å². The van der Waals surface area contributed by atoms with Gasteiger partial charge in [0.05, 0.1) is 12.4 Å². The molecule has 5 nitrogen and oxygen atoms in total. The number of nitrogens with one attached hydrogen (secondary N) is 2. The van der Waals surface area contributed by atoms with Crippen molar-refractivity contribution >= 4 is 23.5 Å². The van der Waals surface area contributed by atoms with Gasteiger partial charge in [0.1, 0.15) is 11.5 Å². The molecule has 1 aromatic heterocycles. The van der Waals surface area contributed by atoms with Crippen LogP contribution in [0.2, 0.25) is 0 Å². The van der Waals surface area contributed by atoms with Crippen LogP contribution in [0.15, 0.2) is 12.4 Å². The molecule has 1 heterocycles. The molecule has 0 aliphatic rings. The zero-order valence-corrected chi connectivity index (χ0v) is 11.2. The number of hydrogen-bond donors (Lipinski definition) is 2. The first kappa shape index (κ1) is 13.8. The van der Waals surface area contributed by atoms with Gasteiger partial charge in [-0.3, -0.25) is 4.79 Å². The third-order valence-electron chi connectivity index (χ3n) is 2.27. The number of carbonyl (C=O) groups is 1. The Hall–Kier alpha value is -1.30. The molecule has 0 spiro atoms. The fourth-order valence-corrected chi connectivity index (χ4v) is 1.83. The van der Waals surface area contributed by atoms with Crippen LogP contribution in [-0.2, 0) is 0 Å². The molecular formula is C11H18N4OS. The molecule has 1 rings (SSSR count). The molecule has 0 aliphatic carbocycles. The smallest absolute Gasteiger partial charge is 0.271 e. The molecule has 0 saturated heterocycles. The van der Waals surface area contributed by atoms with E-state index in [0.717, 1.165) is 12.2 Å². The van der Waals surface area contributed by atoms with Crippen molar-refractivity contribution in [3.63, 3.8) is 0 Å². The average molecular weight is 254 g/mol. The fourth-order valence-electron chi connectivity index (χ4n) is 1.24. The lowest BCUT2D eigenvalue weighted by Crippen LogP contribution is -2.33. The van der Waals surface area contributed by atoms with Crippen molar-refractivity contribution in [2.24, 2.45) is 0 Å². The summed E-state index contributed by atoms with van der Waals surface area (Å²) in [6.45, 7) is 1.99. The summed E-state index contributed by atoms with van der Waals surface area (Å²) in [6, 6.07) is 0.153. The van der Waals surface area contributed by atoms with E-state index in [9.17, 15) is 4.79 Å². The van der Waals surface area contributed by atoms with Crippen LogP contribution in [0.5, 0.6) is 0 Å². The Balaban J connectivity index is 2.51. The molecule has 1 atom stereocenters. The summed E-state index contributed by atoms with van der Waals surface area (Å²) in [6.07, 6.45) is 6.02. The monoisotopic (exact) mass is 254 g/mol. The normalized spacial score (nSPS) is 11.9. The molecule has 0 saturated carbocycles. The maximum atomic E-state index is 11.8. The first-order valence-corrected chi connectivity index (χ1v) is 6.86. The summed E-state index contributed by atoms with van der Waals surface area (Å²) >= 11 is 1.77. The molecule has 0 radical (unpaired) electrons. The standard InChI is InChI=1S/C11H18N4OS/c1-8(4-5-17-3)15-11(16)9-6-14-10(12-2)7-13-9/h6-8H,4-5H2,1-3H3,(H,12,14)(H,15,16). The van der Waals surface area contributed by atoms with Crippen molar-refractivity contribution in [2.45, 2.75) is 19.4 Å². The van der Waals surface area contributed by atoms with E-state index in [-0.39, 0.29) is 11.9 Å². The predicted octanol–water partition coefficient (Wildman–Crippen LogP) is 1.39. The number of nitrogens with zero attached hydrogens (tertiary/aromatic N) is 2. The Bertz CT molecular complexity index is 355. The predicted molar refractivity (Wildman–Crippen MR) is 71.5 cm³/mol. The van der Waals surface area contributed by atoms with E-state index in [2.05, 4.69) is 26.9 Å². The van der Waals surface area contributed by atoms with Crippen molar-refractivity contribution in [1.29, 1.82) is 0 Å². The van der Waals surface area contributed by atoms with E-state index < -0.39 is 0 Å². The van der Waals surface area contributed by atoms with Gasteiger partial charge in [0.2, 0.25) is 0 Å². The molecular weight excluding hydrogens is 236 g/mol. The third-order valence-corrected chi connectivity index (χ3v) is 2.92. The highest BCUT2D eigenvalue weighted by atomic mass is 32.2. The van der Waals surface area contributed by atoms with Gasteiger partial charge in [-0.25, -0.2) is 9.97 Å². The molecule has 1 amide bonds. The van der Waals surface area contributed by atoms with Gasteiger partial charge >= 0.3 is 0 Å². The van der Waals surface area contributed by atoms with Crippen LogP contribution in [0.3, 0.4) is 0 Å². The second kappa shape index (κ2) is 7.11. The lowest BCUT2D eigenvalue weighted by atomic mass is 10.2. The number of aromatic nitrogens is 2. The Labute approximate surface area is 106 Å². The molecule has 0 fully saturated rings. The molecule has 1 aromatic rings. The number of carbonyl (C=O) groups excluding carboxylic acids is 1. The van der Waals surface area contributed by atoms with Gasteiger partial charge in [-0.05, 0) is 25.4 Å². The first-order valence-electron chi connectivity index (χ1n) is 5.47. The quantitative estimate of drug-likeness (QED) is 0.803. The largest absolute Gasteiger partial charge is 0.372 e. The summed E-state index contributed by atoms with van der Waals surface area (Å²) in [4.78, 5) is 19.9. The molecule has 17 heavy (non-hydrogen) atoms. The van der Waals surface area contributed by atoms with Gasteiger partial charge in [-0.15, -0.1) is 0 Å². The molecule has 0 aliphatic heterocycles. The highest BCUT2D eigenvalue weighted by molar-refractivity contribution is 7.98. The van der Waals surface area contributed by atoms with Gasteiger partial charge in [-0.1, -0.05) is 0 Å². The minimum atomic E-state index is -0.172. The number of hydrogen-bond acceptors (Lipinski definition) is 5. The van der Waals surface area contributed by atoms with Crippen molar-refractivity contribution < 1.29 is 4.79 Å². The summed E-state index contributed by atoms with van der Waals surface area (Å²) in [7, 11) is 1.76. The first-order chi connectivity index (χ1) is 8.17. The summed E-state index contributed by atoms with van der Waals surface area (Å²) < 4.78 is 0. The summed E-state index contributed by atoms with van der Waals surface area (Å²) in [5.74, 6) is 1.51. The summed E-state index contributed by atoms with van der Waals surface area (Å²) in [5.41, 5.74) is 0.347. The number of amides is 1. The van der Waals surface area contributed by atoms with Crippen LogP contribution >= 0.6 is 11.8 Å². The van der Waals surface area contributed by atoms with Gasteiger partial charge in [-0.2, -0.15) is 11.8 Å². The SMILES string of the molecule is CNc1cnc(C(=O)NC(C)CCSC)cn1. The van der Waals surface area contributed by atoms with E-state index in [1.807, 2.05) is 6.92 Å². The molecule has 0 bridgehead atoms. The average Bonchev–Trinajstić information content (AvgIpc) is 2.36. The van der Waals surface area contributed by atoms with Crippen LogP contribution in [0.1, 0.15) is 23.8 Å². The minimum absolute atomic E-state index is 0.153. The highest BCUT2D eigenvalue weighted by Crippen LogP contribution is 2.03. The van der Waals surface area contributed by atoms with Crippen molar-refractivity contribution in [3.05, 3.63) is 18.1 Å². The fraction of sp³-hybridized carbons (Fsp3) is 0.545. The molecule has 2 N–H and O–H groups in total. The summed E-state index contributed by atoms with van der Waals surface area (Å²) in [5, 5.41) is 5.75. The maximum absolute atomic E-state index is 11.8. The zero-order chi connectivity index (χ0) is 12.7. The highest BCUT2D eigenvalue weighted by Gasteiger charge is 2.10. The van der Waals surface area contributed by atoms with E-state index in [0.29, 0.717) is 11.5 Å². The second-order valence-corrected chi connectivity index (χ2v) is 4.68. The number of rotatable bonds is 6. The third kappa shape index (κ3) is 4.60. The van der Waals surface area contributed by atoms with Crippen molar-refractivity contribution in [2.75, 3.05) is 24.4 Å². The van der Waals surface area contributed by atoms with Gasteiger partial charge < -0.3 is 10.6 Å². The molecule has 1 unspecified atom stereocenters. The van der Waals surface area contributed by atoms with Gasteiger partial charge in [0, 0.05) is 13.1 Å². The molecule has 0 aromatic carbocycles. The van der Waals surface area contributed by atoms with E-state index in [4.69, 9.17) is 0 Å². The Morgan fingerprint density at radius 3 is 2.76 bits per heavy atom. The maximum Gasteiger partial charge on any atom is 0.271 e. The number of anilines is 1. The molecule has 6 heteroatoms. The van der Waals surface area contributed by atoms with E-state index in [1.165, 1.54) is 6.20 Å². The van der Waals surface area contributed by atoms with Gasteiger partial charge in [0.25, 0.3) is 5.91 Å². The van der Waals surface area contributed by atoms with Crippen LogP contribution in [0.25, 0.3) is 0 Å². The Kier molecular flexibility index (Phi) is 5.76.